The molecule has 0 bridgehead atoms. The second kappa shape index (κ2) is 9.06. The standard InChI is InChI=1S/C25H27FN4OS/c1-16(18-11-10-17-6-2-3-7-19(17)14-18)27-23(31)15-32-25-29-28-24(30(25)20-12-13-20)21-8-4-5-9-22(21)26/h4-5,8-11,14,16,20H,2-3,6-7,12-13,15H2,1H3,(H,27,31). The van der Waals surface area contributed by atoms with Gasteiger partial charge in [0.1, 0.15) is 5.82 Å². The van der Waals surface area contributed by atoms with Crippen LogP contribution in [-0.4, -0.2) is 26.4 Å². The minimum absolute atomic E-state index is 0.0435. The van der Waals surface area contributed by atoms with Crippen molar-refractivity contribution in [3.63, 3.8) is 0 Å². The SMILES string of the molecule is CC(NC(=O)CSc1nnc(-c2ccccc2F)n1C1CC1)c1ccc2c(c1)CCCC2. The Bertz CT molecular complexity index is 1140. The van der Waals surface area contributed by atoms with Gasteiger partial charge in [0.25, 0.3) is 0 Å². The molecule has 2 aliphatic carbocycles. The van der Waals surface area contributed by atoms with Gasteiger partial charge in [0.2, 0.25) is 5.91 Å². The molecule has 1 saturated carbocycles. The summed E-state index contributed by atoms with van der Waals surface area (Å²) in [5.74, 6) is 0.432. The lowest BCUT2D eigenvalue weighted by atomic mass is 9.89. The minimum Gasteiger partial charge on any atom is -0.349 e. The molecule has 32 heavy (non-hydrogen) atoms. The number of fused-ring (bicyclic) bond motifs is 1. The van der Waals surface area contributed by atoms with Crippen LogP contribution >= 0.6 is 11.8 Å². The van der Waals surface area contributed by atoms with Gasteiger partial charge in [0, 0.05) is 6.04 Å². The summed E-state index contributed by atoms with van der Waals surface area (Å²) in [5.41, 5.74) is 4.46. The van der Waals surface area contributed by atoms with Gasteiger partial charge in [-0.05, 0) is 74.3 Å². The average molecular weight is 451 g/mol. The Hall–Kier alpha value is -2.67. The van der Waals surface area contributed by atoms with Crippen LogP contribution in [0.25, 0.3) is 11.4 Å². The molecule has 1 heterocycles. The first kappa shape index (κ1) is 21.2. The maximum Gasteiger partial charge on any atom is 0.230 e. The third kappa shape index (κ3) is 4.44. The van der Waals surface area contributed by atoms with Crippen molar-refractivity contribution in [3.05, 3.63) is 65.0 Å². The molecule has 5 nitrogen and oxygen atoms in total. The third-order valence-electron chi connectivity index (χ3n) is 6.27. The van der Waals surface area contributed by atoms with Crippen LogP contribution in [0.3, 0.4) is 0 Å². The van der Waals surface area contributed by atoms with E-state index in [4.69, 9.17) is 0 Å². The van der Waals surface area contributed by atoms with Gasteiger partial charge in [-0.15, -0.1) is 10.2 Å². The number of aromatic nitrogens is 3. The highest BCUT2D eigenvalue weighted by molar-refractivity contribution is 7.99. The molecule has 1 unspecified atom stereocenters. The number of hydrogen-bond donors (Lipinski definition) is 1. The van der Waals surface area contributed by atoms with Crippen LogP contribution in [-0.2, 0) is 17.6 Å². The van der Waals surface area contributed by atoms with Gasteiger partial charge in [-0.1, -0.05) is 42.1 Å². The predicted molar refractivity (Wildman–Crippen MR) is 124 cm³/mol. The van der Waals surface area contributed by atoms with Gasteiger partial charge >= 0.3 is 0 Å². The van der Waals surface area contributed by atoms with Crippen LogP contribution in [0, 0.1) is 5.82 Å². The van der Waals surface area contributed by atoms with Crippen LogP contribution in [0.15, 0.2) is 47.6 Å². The first-order valence-corrected chi connectivity index (χ1v) is 12.3. The molecule has 0 saturated heterocycles. The molecule has 3 aromatic rings. The zero-order valence-electron chi connectivity index (χ0n) is 18.2. The maximum atomic E-state index is 14.3. The third-order valence-corrected chi connectivity index (χ3v) is 7.22. The van der Waals surface area contributed by atoms with E-state index in [-0.39, 0.29) is 29.6 Å². The summed E-state index contributed by atoms with van der Waals surface area (Å²) in [6.45, 7) is 2.02. The van der Waals surface area contributed by atoms with E-state index in [0.29, 0.717) is 16.5 Å². The van der Waals surface area contributed by atoms with Gasteiger partial charge < -0.3 is 5.32 Å². The van der Waals surface area contributed by atoms with Crippen molar-refractivity contribution < 1.29 is 9.18 Å². The fraction of sp³-hybridized carbons (Fsp3) is 0.400. The Balaban J connectivity index is 1.25. The Morgan fingerprint density at radius 3 is 2.72 bits per heavy atom. The first-order chi connectivity index (χ1) is 15.6. The number of rotatable bonds is 7. The van der Waals surface area contributed by atoms with E-state index in [0.717, 1.165) is 31.2 Å². The minimum atomic E-state index is -0.310. The Morgan fingerprint density at radius 1 is 1.16 bits per heavy atom. The van der Waals surface area contributed by atoms with Gasteiger partial charge in [-0.3, -0.25) is 9.36 Å². The molecule has 1 N–H and O–H groups in total. The lowest BCUT2D eigenvalue weighted by Gasteiger charge is -2.20. The van der Waals surface area contributed by atoms with Crippen molar-refractivity contribution in [2.45, 2.75) is 62.7 Å². The van der Waals surface area contributed by atoms with E-state index in [1.165, 1.54) is 41.8 Å². The molecule has 2 aromatic carbocycles. The van der Waals surface area contributed by atoms with Crippen molar-refractivity contribution in [2.24, 2.45) is 0 Å². The monoisotopic (exact) mass is 450 g/mol. The van der Waals surface area contributed by atoms with Gasteiger partial charge in [0.15, 0.2) is 11.0 Å². The number of thioether (sulfide) groups is 1. The highest BCUT2D eigenvalue weighted by Gasteiger charge is 2.31. The topological polar surface area (TPSA) is 59.8 Å². The summed E-state index contributed by atoms with van der Waals surface area (Å²) >= 11 is 1.36. The first-order valence-electron chi connectivity index (χ1n) is 11.3. The van der Waals surface area contributed by atoms with Crippen molar-refractivity contribution >= 4 is 17.7 Å². The van der Waals surface area contributed by atoms with Crippen molar-refractivity contribution in [1.82, 2.24) is 20.1 Å². The van der Waals surface area contributed by atoms with E-state index in [1.807, 2.05) is 11.5 Å². The Labute approximate surface area is 191 Å². The maximum absolute atomic E-state index is 14.3. The average Bonchev–Trinajstić information content (AvgIpc) is 3.56. The van der Waals surface area contributed by atoms with Crippen LogP contribution in [0.4, 0.5) is 4.39 Å². The molecule has 0 spiro atoms. The summed E-state index contributed by atoms with van der Waals surface area (Å²) < 4.78 is 16.3. The summed E-state index contributed by atoms with van der Waals surface area (Å²) in [6, 6.07) is 13.4. The number of nitrogens with one attached hydrogen (secondary N) is 1. The van der Waals surface area contributed by atoms with Crippen LogP contribution in [0.5, 0.6) is 0 Å². The summed E-state index contributed by atoms with van der Waals surface area (Å²) in [6.07, 6.45) is 6.83. The fourth-order valence-electron chi connectivity index (χ4n) is 4.38. The van der Waals surface area contributed by atoms with Crippen molar-refractivity contribution in [3.8, 4) is 11.4 Å². The second-order valence-corrected chi connectivity index (χ2v) is 9.64. The lowest BCUT2D eigenvalue weighted by Crippen LogP contribution is -2.28. The number of amides is 1. The number of aryl methyl sites for hydroxylation is 2. The zero-order valence-corrected chi connectivity index (χ0v) is 19.0. The normalized spacial score (nSPS) is 16.4. The molecule has 1 aromatic heterocycles. The zero-order chi connectivity index (χ0) is 22.1. The molecule has 1 amide bonds. The van der Waals surface area contributed by atoms with Crippen LogP contribution < -0.4 is 5.32 Å². The van der Waals surface area contributed by atoms with E-state index in [9.17, 15) is 9.18 Å². The smallest absolute Gasteiger partial charge is 0.230 e. The van der Waals surface area contributed by atoms with Gasteiger partial charge in [-0.2, -0.15) is 0 Å². The second-order valence-electron chi connectivity index (χ2n) is 8.70. The largest absolute Gasteiger partial charge is 0.349 e. The Kier molecular flexibility index (Phi) is 6.00. The number of halogens is 1. The molecule has 166 valence electrons. The van der Waals surface area contributed by atoms with E-state index < -0.39 is 0 Å². The number of hydrogen-bond acceptors (Lipinski definition) is 4. The predicted octanol–water partition coefficient (Wildman–Crippen LogP) is 5.27. The molecular formula is C25H27FN4OS. The summed E-state index contributed by atoms with van der Waals surface area (Å²) in [7, 11) is 0. The number of nitrogens with zero attached hydrogens (tertiary/aromatic N) is 3. The molecule has 1 atom stereocenters. The molecular weight excluding hydrogens is 423 g/mol. The fourth-order valence-corrected chi connectivity index (χ4v) is 5.20. The van der Waals surface area contributed by atoms with E-state index in [1.54, 1.807) is 18.2 Å². The Morgan fingerprint density at radius 2 is 1.94 bits per heavy atom. The highest BCUT2D eigenvalue weighted by atomic mass is 32.2. The summed E-state index contributed by atoms with van der Waals surface area (Å²) in [4.78, 5) is 12.7. The number of benzene rings is 2. The molecule has 5 rings (SSSR count). The van der Waals surface area contributed by atoms with Gasteiger partial charge in [0.05, 0.1) is 17.4 Å². The van der Waals surface area contributed by atoms with Crippen molar-refractivity contribution in [1.29, 1.82) is 0 Å². The number of carbonyl (C=O) groups excluding carboxylic acids is 1. The highest BCUT2D eigenvalue weighted by Crippen LogP contribution is 2.41. The lowest BCUT2D eigenvalue weighted by molar-refractivity contribution is -0.119. The van der Waals surface area contributed by atoms with E-state index in [2.05, 4.69) is 33.7 Å². The molecule has 0 aliphatic heterocycles. The molecule has 0 radical (unpaired) electrons. The van der Waals surface area contributed by atoms with Gasteiger partial charge in [-0.25, -0.2) is 4.39 Å². The van der Waals surface area contributed by atoms with Crippen LogP contribution in [0.1, 0.15) is 61.4 Å². The molecule has 1 fully saturated rings. The van der Waals surface area contributed by atoms with E-state index >= 15 is 0 Å². The molecule has 2 aliphatic rings. The number of carbonyl (C=O) groups is 1. The molecule has 7 heteroatoms. The van der Waals surface area contributed by atoms with Crippen molar-refractivity contribution in [2.75, 3.05) is 5.75 Å². The van der Waals surface area contributed by atoms with Crippen LogP contribution in [0.2, 0.25) is 0 Å². The quantitative estimate of drug-likeness (QED) is 0.499. The summed E-state index contributed by atoms with van der Waals surface area (Å²) in [5, 5.41) is 12.3.